The number of ketones is 1. The van der Waals surface area contributed by atoms with Gasteiger partial charge in [0.1, 0.15) is 5.75 Å². The summed E-state index contributed by atoms with van der Waals surface area (Å²) >= 11 is 0. The zero-order valence-electron chi connectivity index (χ0n) is 12.9. The van der Waals surface area contributed by atoms with Gasteiger partial charge in [-0.3, -0.25) is 9.59 Å². The predicted molar refractivity (Wildman–Crippen MR) is 81.7 cm³/mol. The van der Waals surface area contributed by atoms with Crippen LogP contribution in [0.2, 0.25) is 0 Å². The lowest BCUT2D eigenvalue weighted by molar-refractivity contribution is -0.125. The summed E-state index contributed by atoms with van der Waals surface area (Å²) in [5, 5.41) is 0. The Labute approximate surface area is 125 Å². The van der Waals surface area contributed by atoms with E-state index in [1.54, 1.807) is 36.9 Å². The maximum absolute atomic E-state index is 12.3. The van der Waals surface area contributed by atoms with Crippen LogP contribution in [0.3, 0.4) is 0 Å². The number of nitrogens with two attached hydrogens (primary N) is 1. The Bertz CT molecular complexity index is 567. The van der Waals surface area contributed by atoms with Crippen LogP contribution in [0, 0.1) is 5.92 Å². The molecule has 1 heterocycles. The highest BCUT2D eigenvalue weighted by Gasteiger charge is 2.32. The Morgan fingerprint density at radius 2 is 2.05 bits per heavy atom. The molecule has 2 atom stereocenters. The highest BCUT2D eigenvalue weighted by atomic mass is 16.5. The quantitative estimate of drug-likeness (QED) is 0.861. The first-order chi connectivity index (χ1) is 9.81. The summed E-state index contributed by atoms with van der Waals surface area (Å²) in [7, 11) is 0. The second kappa shape index (κ2) is 5.85. The number of ether oxygens (including phenoxy) is 1. The molecule has 1 aliphatic rings. The number of carbonyl (C=O) groups is 2. The number of hydrogen-bond donors (Lipinski definition) is 1. The minimum absolute atomic E-state index is 0.0819. The summed E-state index contributed by atoms with van der Waals surface area (Å²) in [5.74, 6) is 0.721. The maximum atomic E-state index is 12.3. The first kappa shape index (κ1) is 15.5. The molecule has 0 saturated carbocycles. The van der Waals surface area contributed by atoms with E-state index in [-0.39, 0.29) is 11.7 Å². The van der Waals surface area contributed by atoms with Crippen LogP contribution in [0.25, 0.3) is 0 Å². The number of rotatable bonds is 4. The largest absolute Gasteiger partial charge is 0.479 e. The molecule has 2 N–H and O–H groups in total. The summed E-state index contributed by atoms with van der Waals surface area (Å²) in [6.07, 6.45) is -0.508. The summed E-state index contributed by atoms with van der Waals surface area (Å²) in [6, 6.07) is 4.57. The van der Waals surface area contributed by atoms with Gasteiger partial charge in [0.25, 0.3) is 5.91 Å². The SMILES string of the molecule is CC(C)CN1C(=O)C(C)Oc2ccc(C(=O)C(C)N)cc21. The van der Waals surface area contributed by atoms with E-state index in [0.29, 0.717) is 29.5 Å². The van der Waals surface area contributed by atoms with E-state index in [9.17, 15) is 9.59 Å². The van der Waals surface area contributed by atoms with Gasteiger partial charge in [-0.1, -0.05) is 13.8 Å². The smallest absolute Gasteiger partial charge is 0.267 e. The second-order valence-electron chi connectivity index (χ2n) is 5.94. The van der Waals surface area contributed by atoms with E-state index in [0.717, 1.165) is 0 Å². The molecular weight excluding hydrogens is 268 g/mol. The van der Waals surface area contributed by atoms with E-state index in [2.05, 4.69) is 0 Å². The summed E-state index contributed by atoms with van der Waals surface area (Å²) in [6.45, 7) is 8.07. The normalized spacial score (nSPS) is 19.2. The lowest BCUT2D eigenvalue weighted by Crippen LogP contribution is -2.46. The molecule has 0 radical (unpaired) electrons. The van der Waals surface area contributed by atoms with Gasteiger partial charge in [-0.25, -0.2) is 0 Å². The fraction of sp³-hybridized carbons (Fsp3) is 0.500. The average molecular weight is 290 g/mol. The molecule has 0 aliphatic carbocycles. The lowest BCUT2D eigenvalue weighted by Gasteiger charge is -2.34. The van der Waals surface area contributed by atoms with Crippen LogP contribution < -0.4 is 15.4 Å². The highest BCUT2D eigenvalue weighted by molar-refractivity contribution is 6.04. The van der Waals surface area contributed by atoms with Crippen molar-refractivity contribution in [3.63, 3.8) is 0 Å². The van der Waals surface area contributed by atoms with Crippen molar-refractivity contribution < 1.29 is 14.3 Å². The molecule has 0 aromatic heterocycles. The molecule has 1 amide bonds. The predicted octanol–water partition coefficient (Wildman–Crippen LogP) is 1.99. The third kappa shape index (κ3) is 3.08. The molecule has 0 fully saturated rings. The zero-order chi connectivity index (χ0) is 15.7. The molecule has 0 bridgehead atoms. The van der Waals surface area contributed by atoms with Gasteiger partial charge in [0.05, 0.1) is 11.7 Å². The minimum atomic E-state index is -0.569. The number of hydrogen-bond acceptors (Lipinski definition) is 4. The number of anilines is 1. The third-order valence-corrected chi connectivity index (χ3v) is 3.41. The van der Waals surface area contributed by atoms with Crippen molar-refractivity contribution in [1.82, 2.24) is 0 Å². The third-order valence-electron chi connectivity index (χ3n) is 3.41. The van der Waals surface area contributed by atoms with Gasteiger partial charge in [0, 0.05) is 12.1 Å². The Balaban J connectivity index is 2.45. The molecular formula is C16H22N2O3. The van der Waals surface area contributed by atoms with Gasteiger partial charge in [0.2, 0.25) is 0 Å². The number of amides is 1. The Morgan fingerprint density at radius 3 is 2.62 bits per heavy atom. The van der Waals surface area contributed by atoms with Crippen LogP contribution in [0.15, 0.2) is 18.2 Å². The summed E-state index contributed by atoms with van der Waals surface area (Å²) in [4.78, 5) is 26.1. The molecule has 5 heteroatoms. The molecule has 2 rings (SSSR count). The van der Waals surface area contributed by atoms with Crippen molar-refractivity contribution in [3.8, 4) is 5.75 Å². The second-order valence-corrected chi connectivity index (χ2v) is 5.94. The number of benzene rings is 1. The Kier molecular flexibility index (Phi) is 4.32. The van der Waals surface area contributed by atoms with E-state index >= 15 is 0 Å². The van der Waals surface area contributed by atoms with Crippen LogP contribution in [0.5, 0.6) is 5.75 Å². The molecule has 1 aromatic rings. The van der Waals surface area contributed by atoms with Crippen molar-refractivity contribution >= 4 is 17.4 Å². The van der Waals surface area contributed by atoms with Gasteiger partial charge in [-0.2, -0.15) is 0 Å². The van der Waals surface area contributed by atoms with Crippen molar-refractivity contribution in [2.75, 3.05) is 11.4 Å². The Morgan fingerprint density at radius 1 is 1.38 bits per heavy atom. The minimum Gasteiger partial charge on any atom is -0.479 e. The molecule has 0 saturated heterocycles. The zero-order valence-corrected chi connectivity index (χ0v) is 12.9. The molecule has 21 heavy (non-hydrogen) atoms. The van der Waals surface area contributed by atoms with E-state index in [4.69, 9.17) is 10.5 Å². The van der Waals surface area contributed by atoms with E-state index in [1.165, 1.54) is 0 Å². The first-order valence-electron chi connectivity index (χ1n) is 7.23. The molecule has 114 valence electrons. The molecule has 1 aliphatic heterocycles. The topological polar surface area (TPSA) is 72.6 Å². The van der Waals surface area contributed by atoms with Crippen molar-refractivity contribution in [1.29, 1.82) is 0 Å². The highest BCUT2D eigenvalue weighted by Crippen LogP contribution is 2.35. The van der Waals surface area contributed by atoms with Crippen LogP contribution in [0.1, 0.15) is 38.1 Å². The van der Waals surface area contributed by atoms with E-state index in [1.807, 2.05) is 13.8 Å². The fourth-order valence-corrected chi connectivity index (χ4v) is 2.38. The number of Topliss-reactive ketones (excluding diaryl/α,β-unsaturated/α-hetero) is 1. The van der Waals surface area contributed by atoms with Crippen molar-refractivity contribution in [2.24, 2.45) is 11.7 Å². The lowest BCUT2D eigenvalue weighted by atomic mass is 10.0. The van der Waals surface area contributed by atoms with Crippen LogP contribution >= 0.6 is 0 Å². The molecule has 0 spiro atoms. The first-order valence-corrected chi connectivity index (χ1v) is 7.23. The van der Waals surface area contributed by atoms with Gasteiger partial charge in [-0.05, 0) is 38.0 Å². The van der Waals surface area contributed by atoms with E-state index < -0.39 is 12.1 Å². The summed E-state index contributed by atoms with van der Waals surface area (Å²) in [5.41, 5.74) is 6.80. The van der Waals surface area contributed by atoms with Gasteiger partial charge in [-0.15, -0.1) is 0 Å². The van der Waals surface area contributed by atoms with Crippen LogP contribution in [-0.2, 0) is 4.79 Å². The maximum Gasteiger partial charge on any atom is 0.267 e. The van der Waals surface area contributed by atoms with Gasteiger partial charge in [0.15, 0.2) is 11.9 Å². The summed E-state index contributed by atoms with van der Waals surface area (Å²) < 4.78 is 5.62. The number of fused-ring (bicyclic) bond motifs is 1. The van der Waals surface area contributed by atoms with Gasteiger partial charge < -0.3 is 15.4 Å². The van der Waals surface area contributed by atoms with Crippen molar-refractivity contribution in [3.05, 3.63) is 23.8 Å². The Hall–Kier alpha value is -1.88. The number of nitrogens with zero attached hydrogens (tertiary/aromatic N) is 1. The standard InChI is InChI=1S/C16H22N2O3/c1-9(2)8-18-13-7-12(15(19)10(3)17)5-6-14(13)21-11(4)16(18)20/h5-7,9-11H,8,17H2,1-4H3. The van der Waals surface area contributed by atoms with Crippen LogP contribution in [0.4, 0.5) is 5.69 Å². The number of carbonyl (C=O) groups excluding carboxylic acids is 2. The molecule has 1 aromatic carbocycles. The van der Waals surface area contributed by atoms with Crippen molar-refractivity contribution in [2.45, 2.75) is 39.8 Å². The molecule has 5 nitrogen and oxygen atoms in total. The van der Waals surface area contributed by atoms with Gasteiger partial charge >= 0.3 is 0 Å². The molecule has 2 unspecified atom stereocenters. The monoisotopic (exact) mass is 290 g/mol. The average Bonchev–Trinajstić information content (AvgIpc) is 2.42. The van der Waals surface area contributed by atoms with Crippen LogP contribution in [-0.4, -0.2) is 30.4 Å². The fourth-order valence-electron chi connectivity index (χ4n) is 2.38.